The van der Waals surface area contributed by atoms with E-state index < -0.39 is 0 Å². The minimum atomic E-state index is 0.537. The lowest BCUT2D eigenvalue weighted by Crippen LogP contribution is -1.94. The van der Waals surface area contributed by atoms with Crippen molar-refractivity contribution >= 4 is 22.5 Å². The molecule has 1 aromatic heterocycles. The zero-order valence-corrected chi connectivity index (χ0v) is 10.3. The number of benzene rings is 2. The Hall–Kier alpha value is -2.00. The summed E-state index contributed by atoms with van der Waals surface area (Å²) in [6.07, 6.45) is 0. The summed E-state index contributed by atoms with van der Waals surface area (Å²) in [6, 6.07) is 15.7. The van der Waals surface area contributed by atoms with E-state index in [4.69, 9.17) is 16.3 Å². The van der Waals surface area contributed by atoms with Gasteiger partial charge in [0.25, 0.3) is 0 Å². The Morgan fingerprint density at radius 1 is 1.11 bits per heavy atom. The molecule has 0 saturated carbocycles. The van der Waals surface area contributed by atoms with Crippen molar-refractivity contribution in [2.45, 2.75) is 6.61 Å². The smallest absolute Gasteiger partial charge is 0.132 e. The predicted octanol–water partition coefficient (Wildman–Crippen LogP) is 3.80. The van der Waals surface area contributed by atoms with Gasteiger partial charge in [-0.15, -0.1) is 0 Å². The second-order valence-corrected chi connectivity index (χ2v) is 4.37. The predicted molar refractivity (Wildman–Crippen MR) is 71.9 cm³/mol. The fourth-order valence-electron chi connectivity index (χ4n) is 1.79. The summed E-state index contributed by atoms with van der Waals surface area (Å²) in [5, 5.41) is 8.22. The first-order valence-corrected chi connectivity index (χ1v) is 6.01. The Morgan fingerprint density at radius 3 is 2.78 bits per heavy atom. The Labute approximate surface area is 109 Å². The fourth-order valence-corrected chi connectivity index (χ4v) is 1.98. The van der Waals surface area contributed by atoms with Gasteiger partial charge >= 0.3 is 0 Å². The van der Waals surface area contributed by atoms with Crippen molar-refractivity contribution in [3.8, 4) is 5.75 Å². The van der Waals surface area contributed by atoms with Gasteiger partial charge in [0.2, 0.25) is 0 Å². The lowest BCUT2D eigenvalue weighted by Gasteiger charge is -2.06. The number of nitrogens with zero attached hydrogens (tertiary/aromatic N) is 1. The number of ether oxygens (including phenoxy) is 1. The van der Waals surface area contributed by atoms with Gasteiger partial charge in [0.05, 0.1) is 5.52 Å². The van der Waals surface area contributed by atoms with Crippen molar-refractivity contribution < 1.29 is 4.74 Å². The van der Waals surface area contributed by atoms with Crippen LogP contribution in [0.5, 0.6) is 5.75 Å². The molecule has 0 fully saturated rings. The summed E-state index contributed by atoms with van der Waals surface area (Å²) in [6.45, 7) is 0.543. The normalized spacial score (nSPS) is 10.7. The average molecular weight is 259 g/mol. The van der Waals surface area contributed by atoms with E-state index >= 15 is 0 Å². The van der Waals surface area contributed by atoms with Gasteiger partial charge in [-0.05, 0) is 23.8 Å². The molecule has 0 atom stereocenters. The van der Waals surface area contributed by atoms with Crippen LogP contribution in [0.1, 0.15) is 5.56 Å². The summed E-state index contributed by atoms with van der Waals surface area (Å²) in [7, 11) is 0. The van der Waals surface area contributed by atoms with Gasteiger partial charge in [-0.25, -0.2) is 0 Å². The maximum absolute atomic E-state index is 5.99. The summed E-state index contributed by atoms with van der Waals surface area (Å²) >= 11 is 5.99. The van der Waals surface area contributed by atoms with Crippen LogP contribution in [0.15, 0.2) is 48.5 Å². The largest absolute Gasteiger partial charge is 0.489 e. The van der Waals surface area contributed by atoms with Crippen molar-refractivity contribution in [2.75, 3.05) is 0 Å². The molecule has 0 aliphatic rings. The fraction of sp³-hybridized carbons (Fsp3) is 0.0714. The summed E-state index contributed by atoms with van der Waals surface area (Å²) < 4.78 is 5.72. The zero-order valence-electron chi connectivity index (χ0n) is 9.56. The maximum atomic E-state index is 5.99. The minimum Gasteiger partial charge on any atom is -0.489 e. The Balaban J connectivity index is 1.80. The summed E-state index contributed by atoms with van der Waals surface area (Å²) in [5.74, 6) is 0.787. The Morgan fingerprint density at radius 2 is 1.94 bits per heavy atom. The number of H-pyrrole nitrogens is 1. The summed E-state index contributed by atoms with van der Waals surface area (Å²) in [5.41, 5.74) is 1.97. The van der Waals surface area contributed by atoms with Crippen LogP contribution < -0.4 is 4.74 Å². The standard InChI is InChI=1S/C14H11ClN2O/c15-14-12-8-11(6-7-13(12)16-17-14)18-9-10-4-2-1-3-5-10/h1-8H,9H2,(H,16,17). The van der Waals surface area contributed by atoms with E-state index in [0.717, 1.165) is 22.2 Å². The Kier molecular flexibility index (Phi) is 2.90. The molecule has 0 amide bonds. The van der Waals surface area contributed by atoms with E-state index in [1.807, 2.05) is 48.5 Å². The van der Waals surface area contributed by atoms with Crippen LogP contribution in [0.3, 0.4) is 0 Å². The molecule has 18 heavy (non-hydrogen) atoms. The van der Waals surface area contributed by atoms with Crippen molar-refractivity contribution in [3.05, 3.63) is 59.2 Å². The highest BCUT2D eigenvalue weighted by Gasteiger charge is 2.04. The molecule has 1 N–H and O–H groups in total. The highest BCUT2D eigenvalue weighted by atomic mass is 35.5. The van der Waals surface area contributed by atoms with Crippen LogP contribution in [0.4, 0.5) is 0 Å². The number of aromatic amines is 1. The summed E-state index contributed by atoms with van der Waals surface area (Å²) in [4.78, 5) is 0. The van der Waals surface area contributed by atoms with Crippen molar-refractivity contribution in [1.82, 2.24) is 10.2 Å². The van der Waals surface area contributed by atoms with Crippen LogP contribution in [-0.4, -0.2) is 10.2 Å². The third kappa shape index (κ3) is 2.17. The molecule has 0 unspecified atom stereocenters. The van der Waals surface area contributed by atoms with Gasteiger partial charge in [0, 0.05) is 5.39 Å². The average Bonchev–Trinajstić information content (AvgIpc) is 2.79. The first-order chi connectivity index (χ1) is 8.83. The van der Waals surface area contributed by atoms with E-state index in [0.29, 0.717) is 11.8 Å². The number of nitrogens with one attached hydrogen (secondary N) is 1. The zero-order chi connectivity index (χ0) is 12.4. The monoisotopic (exact) mass is 258 g/mol. The van der Waals surface area contributed by atoms with Gasteiger partial charge in [-0.1, -0.05) is 41.9 Å². The number of hydrogen-bond donors (Lipinski definition) is 1. The lowest BCUT2D eigenvalue weighted by molar-refractivity contribution is 0.306. The third-order valence-corrected chi connectivity index (χ3v) is 3.02. The van der Waals surface area contributed by atoms with Crippen molar-refractivity contribution in [1.29, 1.82) is 0 Å². The number of halogens is 1. The molecule has 2 aromatic carbocycles. The molecule has 3 aromatic rings. The maximum Gasteiger partial charge on any atom is 0.132 e. The van der Waals surface area contributed by atoms with Gasteiger partial charge in [-0.2, -0.15) is 5.10 Å². The molecule has 0 spiro atoms. The second kappa shape index (κ2) is 4.70. The number of fused-ring (bicyclic) bond motifs is 1. The second-order valence-electron chi connectivity index (χ2n) is 3.99. The van der Waals surface area contributed by atoms with E-state index in [9.17, 15) is 0 Å². The highest BCUT2D eigenvalue weighted by Crippen LogP contribution is 2.25. The van der Waals surface area contributed by atoms with Gasteiger partial charge < -0.3 is 4.74 Å². The first-order valence-electron chi connectivity index (χ1n) is 5.63. The van der Waals surface area contributed by atoms with Crippen LogP contribution in [-0.2, 0) is 6.61 Å². The SMILES string of the molecule is Clc1[nH]nc2ccc(OCc3ccccc3)cc12. The molecule has 0 aliphatic carbocycles. The van der Waals surface area contributed by atoms with E-state index in [1.54, 1.807) is 0 Å². The van der Waals surface area contributed by atoms with Gasteiger partial charge in [0.1, 0.15) is 17.5 Å². The molecule has 3 nitrogen and oxygen atoms in total. The van der Waals surface area contributed by atoms with Crippen LogP contribution in [0.2, 0.25) is 5.15 Å². The van der Waals surface area contributed by atoms with Crippen LogP contribution >= 0.6 is 11.6 Å². The topological polar surface area (TPSA) is 37.9 Å². The van der Waals surface area contributed by atoms with Gasteiger partial charge in [0.15, 0.2) is 0 Å². The van der Waals surface area contributed by atoms with E-state index in [1.165, 1.54) is 0 Å². The molecular formula is C14H11ClN2O. The highest BCUT2D eigenvalue weighted by molar-refractivity contribution is 6.34. The van der Waals surface area contributed by atoms with Crippen LogP contribution in [0, 0.1) is 0 Å². The Bertz CT molecular complexity index is 664. The van der Waals surface area contributed by atoms with Crippen LogP contribution in [0.25, 0.3) is 10.9 Å². The number of aromatic nitrogens is 2. The van der Waals surface area contributed by atoms with Crippen molar-refractivity contribution in [2.24, 2.45) is 0 Å². The van der Waals surface area contributed by atoms with E-state index in [2.05, 4.69) is 10.2 Å². The molecule has 0 bridgehead atoms. The quantitative estimate of drug-likeness (QED) is 0.776. The molecule has 4 heteroatoms. The number of hydrogen-bond acceptors (Lipinski definition) is 2. The van der Waals surface area contributed by atoms with E-state index in [-0.39, 0.29) is 0 Å². The molecule has 1 heterocycles. The third-order valence-electron chi connectivity index (χ3n) is 2.73. The molecule has 90 valence electrons. The van der Waals surface area contributed by atoms with Gasteiger partial charge in [-0.3, -0.25) is 5.10 Å². The van der Waals surface area contributed by atoms with Crippen molar-refractivity contribution in [3.63, 3.8) is 0 Å². The lowest BCUT2D eigenvalue weighted by atomic mass is 10.2. The molecule has 0 radical (unpaired) electrons. The molecule has 0 saturated heterocycles. The first kappa shape index (κ1) is 11.1. The molecule has 0 aliphatic heterocycles. The number of rotatable bonds is 3. The minimum absolute atomic E-state index is 0.537. The molecule has 3 rings (SSSR count). The molecular weight excluding hydrogens is 248 g/mol.